The maximum Gasteiger partial charge on any atom is 0.228 e. The molecule has 25 heavy (non-hydrogen) atoms. The lowest BCUT2D eigenvalue weighted by Crippen LogP contribution is -2.36. The van der Waals surface area contributed by atoms with E-state index in [1.54, 1.807) is 29.2 Å². The number of carbonyl (C=O) groups excluding carboxylic acids is 2. The largest absolute Gasteiger partial charge is 0.313 e. The van der Waals surface area contributed by atoms with E-state index in [0.717, 1.165) is 5.69 Å². The molecule has 0 aliphatic heterocycles. The van der Waals surface area contributed by atoms with Gasteiger partial charge in [-0.25, -0.2) is 0 Å². The molecule has 0 heterocycles. The fourth-order valence-electron chi connectivity index (χ4n) is 2.66. The van der Waals surface area contributed by atoms with Crippen molar-refractivity contribution in [2.45, 2.75) is 20.3 Å². The van der Waals surface area contributed by atoms with Crippen LogP contribution in [-0.4, -0.2) is 24.9 Å². The molecule has 0 fully saturated rings. The first-order valence-corrected chi connectivity index (χ1v) is 8.20. The maximum absolute atomic E-state index is 12.6. The van der Waals surface area contributed by atoms with Gasteiger partial charge in [-0.2, -0.15) is 5.26 Å². The molecule has 0 radical (unpaired) electrons. The second-order valence-corrected chi connectivity index (χ2v) is 5.56. The Morgan fingerprint density at radius 2 is 1.68 bits per heavy atom. The van der Waals surface area contributed by atoms with Gasteiger partial charge in [0, 0.05) is 37.8 Å². The Hall–Kier alpha value is -3.13. The molecule has 2 aromatic rings. The Labute approximate surface area is 148 Å². The molecule has 2 rings (SSSR count). The minimum absolute atomic E-state index is 0.0450. The van der Waals surface area contributed by atoms with Crippen molar-refractivity contribution in [1.29, 1.82) is 5.26 Å². The molecule has 2 aromatic carbocycles. The van der Waals surface area contributed by atoms with Crippen LogP contribution in [0.5, 0.6) is 0 Å². The standard InChI is InChI=1S/C20H21N3O2/c1-3-22(18-9-5-4-6-10-18)20(25)12-13-23(16(2)24)19-11-7-8-17(14-19)15-21/h4-11,14H,3,12-13H2,1-2H3. The highest BCUT2D eigenvalue weighted by atomic mass is 16.2. The molecule has 0 saturated carbocycles. The zero-order valence-electron chi connectivity index (χ0n) is 14.5. The summed E-state index contributed by atoms with van der Waals surface area (Å²) in [6.45, 7) is 4.21. The fraction of sp³-hybridized carbons (Fsp3) is 0.250. The number of amides is 2. The van der Waals surface area contributed by atoms with E-state index in [0.29, 0.717) is 17.8 Å². The van der Waals surface area contributed by atoms with Crippen molar-refractivity contribution in [1.82, 2.24) is 0 Å². The van der Waals surface area contributed by atoms with Gasteiger partial charge in [0.1, 0.15) is 0 Å². The van der Waals surface area contributed by atoms with Crippen molar-refractivity contribution in [3.8, 4) is 6.07 Å². The van der Waals surface area contributed by atoms with E-state index in [-0.39, 0.29) is 24.8 Å². The molecule has 128 valence electrons. The Bertz CT molecular complexity index is 781. The average Bonchev–Trinajstić information content (AvgIpc) is 2.63. The minimum Gasteiger partial charge on any atom is -0.313 e. The van der Waals surface area contributed by atoms with Gasteiger partial charge in [0.25, 0.3) is 0 Å². The van der Waals surface area contributed by atoms with E-state index in [9.17, 15) is 9.59 Å². The topological polar surface area (TPSA) is 64.4 Å². The second-order valence-electron chi connectivity index (χ2n) is 5.56. The third-order valence-electron chi connectivity index (χ3n) is 3.90. The van der Waals surface area contributed by atoms with E-state index in [1.165, 1.54) is 11.8 Å². The maximum atomic E-state index is 12.6. The highest BCUT2D eigenvalue weighted by Crippen LogP contribution is 2.18. The first-order valence-electron chi connectivity index (χ1n) is 8.20. The predicted octanol–water partition coefficient (Wildman–Crippen LogP) is 3.35. The predicted molar refractivity (Wildman–Crippen MR) is 98.3 cm³/mol. The van der Waals surface area contributed by atoms with Gasteiger partial charge in [-0.15, -0.1) is 0 Å². The third kappa shape index (κ3) is 4.67. The molecule has 0 unspecified atom stereocenters. The summed E-state index contributed by atoms with van der Waals surface area (Å²) in [5, 5.41) is 9.02. The number of rotatable bonds is 6. The van der Waals surface area contributed by atoms with Gasteiger partial charge in [-0.3, -0.25) is 9.59 Å². The molecule has 0 saturated heterocycles. The van der Waals surface area contributed by atoms with Crippen LogP contribution in [0.15, 0.2) is 54.6 Å². The van der Waals surface area contributed by atoms with Crippen LogP contribution < -0.4 is 9.80 Å². The lowest BCUT2D eigenvalue weighted by molar-refractivity contribution is -0.118. The summed E-state index contributed by atoms with van der Waals surface area (Å²) in [5.74, 6) is -0.206. The van der Waals surface area contributed by atoms with Gasteiger partial charge in [0.05, 0.1) is 11.6 Å². The monoisotopic (exact) mass is 335 g/mol. The number of nitrogens with zero attached hydrogens (tertiary/aromatic N) is 3. The van der Waals surface area contributed by atoms with Crippen LogP contribution in [0.25, 0.3) is 0 Å². The number of para-hydroxylation sites is 1. The second kappa shape index (κ2) is 8.65. The van der Waals surface area contributed by atoms with Crippen molar-refractivity contribution in [2.75, 3.05) is 22.9 Å². The molecule has 2 amide bonds. The van der Waals surface area contributed by atoms with Gasteiger partial charge in [-0.1, -0.05) is 24.3 Å². The van der Waals surface area contributed by atoms with Crippen molar-refractivity contribution in [2.24, 2.45) is 0 Å². The molecule has 0 aliphatic carbocycles. The number of carbonyl (C=O) groups is 2. The Balaban J connectivity index is 2.11. The van der Waals surface area contributed by atoms with E-state index in [4.69, 9.17) is 5.26 Å². The number of hydrogen-bond donors (Lipinski definition) is 0. The van der Waals surface area contributed by atoms with Crippen LogP contribution in [0.2, 0.25) is 0 Å². The third-order valence-corrected chi connectivity index (χ3v) is 3.90. The summed E-state index contributed by atoms with van der Waals surface area (Å²) in [5.41, 5.74) is 1.95. The lowest BCUT2D eigenvalue weighted by Gasteiger charge is -2.25. The van der Waals surface area contributed by atoms with Crippen molar-refractivity contribution in [3.63, 3.8) is 0 Å². The van der Waals surface area contributed by atoms with Crippen LogP contribution >= 0.6 is 0 Å². The van der Waals surface area contributed by atoms with Crippen LogP contribution in [0, 0.1) is 11.3 Å². The molecular weight excluding hydrogens is 314 g/mol. The molecule has 5 nitrogen and oxygen atoms in total. The van der Waals surface area contributed by atoms with Crippen LogP contribution in [0.3, 0.4) is 0 Å². The first kappa shape index (κ1) is 18.2. The lowest BCUT2D eigenvalue weighted by atomic mass is 10.2. The van der Waals surface area contributed by atoms with E-state index in [1.807, 2.05) is 37.3 Å². The minimum atomic E-state index is -0.161. The first-order chi connectivity index (χ1) is 12.1. The van der Waals surface area contributed by atoms with E-state index >= 15 is 0 Å². The zero-order chi connectivity index (χ0) is 18.2. The molecule has 0 N–H and O–H groups in total. The molecule has 0 bridgehead atoms. The van der Waals surface area contributed by atoms with Gasteiger partial charge in [0.2, 0.25) is 11.8 Å². The van der Waals surface area contributed by atoms with Gasteiger partial charge in [-0.05, 0) is 37.3 Å². The van der Waals surface area contributed by atoms with Gasteiger partial charge >= 0.3 is 0 Å². The zero-order valence-corrected chi connectivity index (χ0v) is 14.5. The van der Waals surface area contributed by atoms with Crippen molar-refractivity contribution >= 4 is 23.2 Å². The summed E-state index contributed by atoms with van der Waals surface area (Å²) < 4.78 is 0. The molecule has 0 aliphatic rings. The molecule has 5 heteroatoms. The van der Waals surface area contributed by atoms with E-state index < -0.39 is 0 Å². The Morgan fingerprint density at radius 3 is 2.28 bits per heavy atom. The van der Waals surface area contributed by atoms with Crippen molar-refractivity contribution < 1.29 is 9.59 Å². The number of benzene rings is 2. The quantitative estimate of drug-likeness (QED) is 0.813. The summed E-state index contributed by atoms with van der Waals surface area (Å²) >= 11 is 0. The number of nitriles is 1. The smallest absolute Gasteiger partial charge is 0.228 e. The van der Waals surface area contributed by atoms with Crippen LogP contribution in [0.1, 0.15) is 25.8 Å². The molecular formula is C20H21N3O2. The highest BCUT2D eigenvalue weighted by molar-refractivity contribution is 5.96. The highest BCUT2D eigenvalue weighted by Gasteiger charge is 2.18. The summed E-state index contributed by atoms with van der Waals surface area (Å²) in [6, 6.07) is 18.4. The normalized spacial score (nSPS) is 9.96. The summed E-state index contributed by atoms with van der Waals surface area (Å²) in [7, 11) is 0. The molecule has 0 spiro atoms. The molecule has 0 atom stereocenters. The number of anilines is 2. The Kier molecular flexibility index (Phi) is 6.30. The van der Waals surface area contributed by atoms with Crippen LogP contribution in [0.4, 0.5) is 11.4 Å². The fourth-order valence-corrected chi connectivity index (χ4v) is 2.66. The average molecular weight is 335 g/mol. The Morgan fingerprint density at radius 1 is 1.00 bits per heavy atom. The van der Waals surface area contributed by atoms with Crippen LogP contribution in [-0.2, 0) is 9.59 Å². The van der Waals surface area contributed by atoms with Crippen molar-refractivity contribution in [3.05, 3.63) is 60.2 Å². The van der Waals surface area contributed by atoms with E-state index in [2.05, 4.69) is 6.07 Å². The van der Waals surface area contributed by atoms with Gasteiger partial charge in [0.15, 0.2) is 0 Å². The molecule has 0 aromatic heterocycles. The SMILES string of the molecule is CCN(C(=O)CCN(C(C)=O)c1cccc(C#N)c1)c1ccccc1. The summed E-state index contributed by atoms with van der Waals surface area (Å²) in [4.78, 5) is 27.8. The summed E-state index contributed by atoms with van der Waals surface area (Å²) in [6.07, 6.45) is 0.207. The number of hydrogen-bond acceptors (Lipinski definition) is 3. The van der Waals surface area contributed by atoms with Gasteiger partial charge < -0.3 is 9.80 Å².